The Bertz CT molecular complexity index is 703. The van der Waals surface area contributed by atoms with Crippen LogP contribution in [0.5, 0.6) is 0 Å². The van der Waals surface area contributed by atoms with Crippen LogP contribution < -0.4 is 5.32 Å². The Labute approximate surface area is 222 Å². The second-order valence-electron chi connectivity index (χ2n) is 9.76. The molecule has 3 atom stereocenters. The molecule has 3 unspecified atom stereocenters. The van der Waals surface area contributed by atoms with E-state index in [4.69, 9.17) is 4.98 Å². The van der Waals surface area contributed by atoms with Crippen molar-refractivity contribution in [3.05, 3.63) is 11.8 Å². The largest absolute Gasteiger partial charge is 0.322 e. The highest BCUT2D eigenvalue weighted by Crippen LogP contribution is 2.42. The van der Waals surface area contributed by atoms with Gasteiger partial charge in [-0.1, -0.05) is 78.1 Å². The Morgan fingerprint density at radius 1 is 0.971 bits per heavy atom. The molecule has 0 aromatic carbocycles. The molecular weight excluding hydrogens is 477 g/mol. The number of thioether (sulfide) groups is 3. The number of rotatable bonds is 16. The van der Waals surface area contributed by atoms with Crippen LogP contribution in [0.1, 0.15) is 109 Å². The van der Waals surface area contributed by atoms with Gasteiger partial charge in [0.1, 0.15) is 5.03 Å². The van der Waals surface area contributed by atoms with Gasteiger partial charge in [0.25, 0.3) is 0 Å². The predicted octanol–water partition coefficient (Wildman–Crippen LogP) is 9.37. The van der Waals surface area contributed by atoms with Gasteiger partial charge in [-0.05, 0) is 57.1 Å². The maximum atomic E-state index is 13.7. The average molecular weight is 525 g/mol. The maximum Gasteiger partial charge on any atom is 0.237 e. The van der Waals surface area contributed by atoms with Crippen LogP contribution >= 0.6 is 35.3 Å². The molecule has 1 amide bonds. The first-order valence-electron chi connectivity index (χ1n) is 13.6. The molecule has 0 saturated carbocycles. The third-order valence-corrected chi connectivity index (χ3v) is 10.1. The molecule has 1 N–H and O–H groups in total. The van der Waals surface area contributed by atoms with Crippen LogP contribution in [0.3, 0.4) is 0 Å². The molecule has 34 heavy (non-hydrogen) atoms. The summed E-state index contributed by atoms with van der Waals surface area (Å²) < 4.78 is 0. The number of nitrogens with zero attached hydrogens (tertiary/aromatic N) is 1. The lowest BCUT2D eigenvalue weighted by Gasteiger charge is -2.35. The van der Waals surface area contributed by atoms with Gasteiger partial charge in [0, 0.05) is 15.8 Å². The second-order valence-corrected chi connectivity index (χ2v) is 12.9. The third-order valence-electron chi connectivity index (χ3n) is 6.93. The minimum atomic E-state index is 0.0614. The van der Waals surface area contributed by atoms with Crippen LogP contribution in [0.25, 0.3) is 0 Å². The summed E-state index contributed by atoms with van der Waals surface area (Å²) in [6.45, 7) is 6.57. The summed E-state index contributed by atoms with van der Waals surface area (Å²) in [7, 11) is 0. The number of anilines is 1. The lowest BCUT2D eigenvalue weighted by molar-refractivity contribution is -0.116. The van der Waals surface area contributed by atoms with Crippen molar-refractivity contribution in [2.24, 2.45) is 5.92 Å². The van der Waals surface area contributed by atoms with Crippen LogP contribution in [0, 0.1) is 12.8 Å². The molecule has 0 radical (unpaired) electrons. The summed E-state index contributed by atoms with van der Waals surface area (Å²) in [5.74, 6) is 0.701. The Kier molecular flexibility index (Phi) is 15.1. The van der Waals surface area contributed by atoms with Crippen LogP contribution in [0.4, 0.5) is 5.69 Å². The van der Waals surface area contributed by atoms with E-state index in [9.17, 15) is 4.79 Å². The molecule has 1 aliphatic rings. The van der Waals surface area contributed by atoms with Gasteiger partial charge in [-0.15, -0.1) is 35.3 Å². The van der Waals surface area contributed by atoms with Crippen molar-refractivity contribution >= 4 is 46.9 Å². The standard InChI is InChI=1S/C28H48N2OS3/c1-6-8-10-12-14-16-22-18-19-23(17-15-13-11-9-7-2)34-26(22)27(31)30-25-24(32-4)20-21(3)29-28(25)33-5/h20,22-23,26H,6-19H2,1-5H3,(H,30,31). The number of carbonyl (C=O) groups excluding carboxylic acids is 1. The van der Waals surface area contributed by atoms with E-state index >= 15 is 0 Å². The van der Waals surface area contributed by atoms with Gasteiger partial charge in [0.2, 0.25) is 5.91 Å². The number of hydrogen-bond donors (Lipinski definition) is 1. The van der Waals surface area contributed by atoms with E-state index in [-0.39, 0.29) is 11.2 Å². The lowest BCUT2D eigenvalue weighted by Crippen LogP contribution is -2.37. The first-order valence-corrected chi connectivity index (χ1v) is 17.0. The van der Waals surface area contributed by atoms with Gasteiger partial charge in [-0.3, -0.25) is 4.79 Å². The summed E-state index contributed by atoms with van der Waals surface area (Å²) in [5, 5.41) is 4.98. The Balaban J connectivity index is 2.07. The van der Waals surface area contributed by atoms with Crippen LogP contribution in [-0.2, 0) is 4.79 Å². The molecular formula is C28H48N2OS3. The summed E-state index contributed by atoms with van der Waals surface area (Å²) in [4.78, 5) is 19.5. The van der Waals surface area contributed by atoms with Crippen molar-refractivity contribution in [3.63, 3.8) is 0 Å². The normalized spacial score (nSPS) is 20.4. The number of hydrogen-bond acceptors (Lipinski definition) is 5. The van der Waals surface area contributed by atoms with Gasteiger partial charge in [-0.2, -0.15) is 0 Å². The lowest BCUT2D eigenvalue weighted by atomic mass is 9.89. The van der Waals surface area contributed by atoms with Crippen LogP contribution in [0.15, 0.2) is 16.0 Å². The summed E-state index contributed by atoms with van der Waals surface area (Å²) >= 11 is 5.30. The first kappa shape index (κ1) is 29.9. The van der Waals surface area contributed by atoms with Crippen LogP contribution in [-0.4, -0.2) is 33.9 Å². The van der Waals surface area contributed by atoms with Crippen molar-refractivity contribution in [1.82, 2.24) is 4.98 Å². The van der Waals surface area contributed by atoms with Crippen molar-refractivity contribution in [1.29, 1.82) is 0 Å². The fourth-order valence-electron chi connectivity index (χ4n) is 4.94. The van der Waals surface area contributed by atoms with Gasteiger partial charge >= 0.3 is 0 Å². The van der Waals surface area contributed by atoms with E-state index in [0.29, 0.717) is 11.2 Å². The van der Waals surface area contributed by atoms with E-state index in [0.717, 1.165) is 21.3 Å². The zero-order valence-corrected chi connectivity index (χ0v) is 24.7. The SMILES string of the molecule is CCCCCCCC1CCC(CCCCCCC)C(C(=O)Nc2c(SC)cc(C)nc2SC)S1. The summed E-state index contributed by atoms with van der Waals surface area (Å²) in [5.41, 5.74) is 1.92. The number of amides is 1. The Morgan fingerprint density at radius 2 is 1.62 bits per heavy atom. The fourth-order valence-corrected chi connectivity index (χ4v) is 7.91. The van der Waals surface area contributed by atoms with Crippen molar-refractivity contribution < 1.29 is 4.79 Å². The van der Waals surface area contributed by atoms with Gasteiger partial charge in [0.05, 0.1) is 10.9 Å². The molecule has 6 heteroatoms. The number of pyridine rings is 1. The molecule has 3 nitrogen and oxygen atoms in total. The minimum Gasteiger partial charge on any atom is -0.322 e. The monoisotopic (exact) mass is 524 g/mol. The van der Waals surface area contributed by atoms with E-state index in [2.05, 4.69) is 31.5 Å². The zero-order chi connectivity index (χ0) is 24.8. The smallest absolute Gasteiger partial charge is 0.237 e. The molecule has 1 aliphatic heterocycles. The molecule has 1 fully saturated rings. The van der Waals surface area contributed by atoms with Gasteiger partial charge < -0.3 is 5.32 Å². The molecule has 2 rings (SSSR count). The van der Waals surface area contributed by atoms with Crippen LogP contribution in [0.2, 0.25) is 0 Å². The Morgan fingerprint density at radius 3 is 2.24 bits per heavy atom. The fraction of sp³-hybridized carbons (Fsp3) is 0.786. The first-order chi connectivity index (χ1) is 16.5. The molecule has 1 aromatic rings. The second kappa shape index (κ2) is 17.2. The van der Waals surface area contributed by atoms with Crippen molar-refractivity contribution in [2.45, 2.75) is 131 Å². The molecule has 0 aliphatic carbocycles. The van der Waals surface area contributed by atoms with E-state index in [1.165, 1.54) is 89.9 Å². The van der Waals surface area contributed by atoms with Gasteiger partial charge in [-0.25, -0.2) is 4.98 Å². The van der Waals surface area contributed by atoms with E-state index in [1.54, 1.807) is 23.5 Å². The molecule has 0 spiro atoms. The molecule has 0 bridgehead atoms. The quantitative estimate of drug-likeness (QED) is 0.172. The third kappa shape index (κ3) is 9.97. The Hall–Kier alpha value is -0.330. The number of aryl methyl sites for hydroxylation is 1. The highest BCUT2D eigenvalue weighted by atomic mass is 32.2. The number of nitrogens with one attached hydrogen (secondary N) is 1. The highest BCUT2D eigenvalue weighted by molar-refractivity contribution is 8.01. The number of carbonyl (C=O) groups is 1. The molecule has 1 saturated heterocycles. The van der Waals surface area contributed by atoms with Crippen molar-refractivity contribution in [2.75, 3.05) is 17.8 Å². The minimum absolute atomic E-state index is 0.0614. The number of aromatic nitrogens is 1. The molecule has 1 aromatic heterocycles. The molecule has 2 heterocycles. The summed E-state index contributed by atoms with van der Waals surface area (Å²) in [6, 6.07) is 2.10. The summed E-state index contributed by atoms with van der Waals surface area (Å²) in [6.07, 6.45) is 22.2. The van der Waals surface area contributed by atoms with Gasteiger partial charge in [0.15, 0.2) is 0 Å². The maximum absolute atomic E-state index is 13.7. The topological polar surface area (TPSA) is 42.0 Å². The average Bonchev–Trinajstić information content (AvgIpc) is 2.84. The zero-order valence-electron chi connectivity index (χ0n) is 22.3. The predicted molar refractivity (Wildman–Crippen MR) is 156 cm³/mol. The number of unbranched alkanes of at least 4 members (excludes halogenated alkanes) is 8. The highest BCUT2D eigenvalue weighted by Gasteiger charge is 2.36. The van der Waals surface area contributed by atoms with Crippen molar-refractivity contribution in [3.8, 4) is 0 Å². The molecule has 194 valence electrons. The van der Waals surface area contributed by atoms with E-state index < -0.39 is 0 Å². The van der Waals surface area contributed by atoms with E-state index in [1.807, 2.05) is 24.9 Å².